The molecular weight excluding hydrogens is 370 g/mol. The second kappa shape index (κ2) is 7.46. The summed E-state index contributed by atoms with van der Waals surface area (Å²) in [6, 6.07) is 10.7. The lowest BCUT2D eigenvalue weighted by Crippen LogP contribution is -2.10. The second-order valence-electron chi connectivity index (χ2n) is 4.95. The molecule has 0 amide bonds. The highest BCUT2D eigenvalue weighted by molar-refractivity contribution is 8.19. The zero-order valence-corrected chi connectivity index (χ0v) is 14.7. The van der Waals surface area contributed by atoms with Gasteiger partial charge in [0.05, 0.1) is 15.1 Å². The van der Waals surface area contributed by atoms with Gasteiger partial charge in [-0.3, -0.25) is 10.1 Å². The molecule has 0 atom stereocenters. The van der Waals surface area contributed by atoms with Crippen molar-refractivity contribution < 1.29 is 14.5 Å². The maximum Gasteiger partial charge on any atom is 0.343 e. The molecule has 0 saturated carbocycles. The second-order valence-corrected chi connectivity index (χ2v) is 8.11. The number of non-ortho nitro benzene ring substituents is 1. The molecule has 0 aliphatic carbocycles. The third-order valence-electron chi connectivity index (χ3n) is 3.36. The van der Waals surface area contributed by atoms with Gasteiger partial charge in [0.2, 0.25) is 0 Å². The van der Waals surface area contributed by atoms with Crippen molar-refractivity contribution in [2.24, 2.45) is 0 Å². The van der Waals surface area contributed by atoms with Crippen LogP contribution in [0.2, 0.25) is 5.02 Å². The molecule has 5 nitrogen and oxygen atoms in total. The van der Waals surface area contributed by atoms with Gasteiger partial charge in [-0.1, -0.05) is 11.6 Å². The summed E-state index contributed by atoms with van der Waals surface area (Å²) < 4.78 is 5.51. The monoisotopic (exact) mass is 381 g/mol. The van der Waals surface area contributed by atoms with Crippen LogP contribution in [-0.4, -0.2) is 22.4 Å². The maximum atomic E-state index is 12.3. The van der Waals surface area contributed by atoms with E-state index in [1.165, 1.54) is 18.2 Å². The predicted molar refractivity (Wildman–Crippen MR) is 97.2 cm³/mol. The third-order valence-corrected chi connectivity index (χ3v) is 6.68. The smallest absolute Gasteiger partial charge is 0.343 e. The quantitative estimate of drug-likeness (QED) is 0.323. The third kappa shape index (κ3) is 3.85. The van der Waals surface area contributed by atoms with Crippen molar-refractivity contribution in [2.45, 2.75) is 4.58 Å². The lowest BCUT2D eigenvalue weighted by atomic mass is 10.2. The van der Waals surface area contributed by atoms with Gasteiger partial charge in [-0.05, 0) is 30.3 Å². The molecule has 1 heterocycles. The molecule has 3 rings (SSSR count). The van der Waals surface area contributed by atoms with Crippen molar-refractivity contribution in [1.29, 1.82) is 0 Å². The Morgan fingerprint density at radius 1 is 1.17 bits per heavy atom. The molecule has 0 aromatic heterocycles. The number of nitrogens with zero attached hydrogens (tertiary/aromatic N) is 1. The van der Waals surface area contributed by atoms with Gasteiger partial charge in [-0.25, -0.2) is 4.79 Å². The number of rotatable bonds is 4. The van der Waals surface area contributed by atoms with Crippen molar-refractivity contribution >= 4 is 46.8 Å². The SMILES string of the molecule is O=C(Oc1ccc([N+](=O)[O-])cc1C1SCCS1)c1ccc(Cl)cc1. The summed E-state index contributed by atoms with van der Waals surface area (Å²) in [5.41, 5.74) is 1.03. The van der Waals surface area contributed by atoms with Crippen molar-refractivity contribution in [3.63, 3.8) is 0 Å². The highest BCUT2D eigenvalue weighted by atomic mass is 35.5. The highest BCUT2D eigenvalue weighted by Crippen LogP contribution is 2.49. The van der Waals surface area contributed by atoms with E-state index >= 15 is 0 Å². The summed E-state index contributed by atoms with van der Waals surface area (Å²) >= 11 is 9.19. The van der Waals surface area contributed by atoms with Gasteiger partial charge in [-0.15, -0.1) is 23.5 Å². The average molecular weight is 382 g/mol. The van der Waals surface area contributed by atoms with Crippen LogP contribution in [0.25, 0.3) is 0 Å². The first kappa shape index (κ1) is 17.1. The molecule has 2 aromatic rings. The number of carbonyl (C=O) groups is 1. The van der Waals surface area contributed by atoms with E-state index in [2.05, 4.69) is 0 Å². The van der Waals surface area contributed by atoms with Crippen molar-refractivity contribution in [2.75, 3.05) is 11.5 Å². The van der Waals surface area contributed by atoms with E-state index in [1.807, 2.05) is 0 Å². The number of thioether (sulfide) groups is 2. The van der Waals surface area contributed by atoms with Crippen LogP contribution in [-0.2, 0) is 0 Å². The highest BCUT2D eigenvalue weighted by Gasteiger charge is 2.25. The standard InChI is InChI=1S/C16H12ClNO4S2/c17-11-3-1-10(2-4-11)15(19)22-14-6-5-12(18(20)21)9-13(14)16-23-7-8-24-16/h1-6,9,16H,7-8H2. The van der Waals surface area contributed by atoms with E-state index in [0.29, 0.717) is 21.9 Å². The normalized spacial score (nSPS) is 14.5. The summed E-state index contributed by atoms with van der Waals surface area (Å²) in [6.07, 6.45) is 0. The Hall–Kier alpha value is -1.70. The number of nitro groups is 1. The van der Waals surface area contributed by atoms with Gasteiger partial charge in [0.25, 0.3) is 5.69 Å². The summed E-state index contributed by atoms with van der Waals surface area (Å²) in [4.78, 5) is 22.9. The van der Waals surface area contributed by atoms with Gasteiger partial charge < -0.3 is 4.74 Å². The van der Waals surface area contributed by atoms with Gasteiger partial charge in [0.1, 0.15) is 5.75 Å². The van der Waals surface area contributed by atoms with E-state index < -0.39 is 10.9 Å². The van der Waals surface area contributed by atoms with Crippen LogP contribution in [0.1, 0.15) is 20.5 Å². The average Bonchev–Trinajstić information content (AvgIpc) is 3.10. The van der Waals surface area contributed by atoms with E-state index in [4.69, 9.17) is 16.3 Å². The summed E-state index contributed by atoms with van der Waals surface area (Å²) in [7, 11) is 0. The fourth-order valence-electron chi connectivity index (χ4n) is 2.21. The number of halogens is 1. The summed E-state index contributed by atoms with van der Waals surface area (Å²) in [5.74, 6) is 1.76. The first-order valence-corrected chi connectivity index (χ1v) is 9.51. The van der Waals surface area contributed by atoms with E-state index in [0.717, 1.165) is 11.5 Å². The molecule has 124 valence electrons. The number of carbonyl (C=O) groups excluding carboxylic acids is 1. The fourth-order valence-corrected chi connectivity index (χ4v) is 5.22. The Balaban J connectivity index is 1.89. The molecule has 1 saturated heterocycles. The molecule has 0 bridgehead atoms. The molecule has 2 aromatic carbocycles. The minimum Gasteiger partial charge on any atom is -0.423 e. The van der Waals surface area contributed by atoms with Crippen LogP contribution >= 0.6 is 35.1 Å². The zero-order valence-electron chi connectivity index (χ0n) is 12.3. The maximum absolute atomic E-state index is 12.3. The summed E-state index contributed by atoms with van der Waals surface area (Å²) in [6.45, 7) is 0. The predicted octanol–water partition coefficient (Wildman–Crippen LogP) is 4.95. The number of nitro benzene ring substituents is 1. The molecule has 0 unspecified atom stereocenters. The number of benzene rings is 2. The van der Waals surface area contributed by atoms with Crippen LogP contribution in [0.3, 0.4) is 0 Å². The molecule has 24 heavy (non-hydrogen) atoms. The topological polar surface area (TPSA) is 69.4 Å². The van der Waals surface area contributed by atoms with Crippen LogP contribution in [0.4, 0.5) is 5.69 Å². The molecule has 8 heteroatoms. The first-order chi connectivity index (χ1) is 11.5. The molecule has 1 fully saturated rings. The molecule has 0 spiro atoms. The van der Waals surface area contributed by atoms with Crippen molar-refractivity contribution in [3.05, 3.63) is 68.7 Å². The Kier molecular flexibility index (Phi) is 5.33. The molecule has 1 aliphatic rings. The van der Waals surface area contributed by atoms with Crippen molar-refractivity contribution in [3.8, 4) is 5.75 Å². The summed E-state index contributed by atoms with van der Waals surface area (Å²) in [5, 5.41) is 11.6. The van der Waals surface area contributed by atoms with E-state index in [-0.39, 0.29) is 10.3 Å². The van der Waals surface area contributed by atoms with Crippen LogP contribution < -0.4 is 4.74 Å². The number of hydrogen-bond acceptors (Lipinski definition) is 6. The Labute approximate surface area is 151 Å². The number of ether oxygens (including phenoxy) is 1. The van der Waals surface area contributed by atoms with Gasteiger partial charge in [0.15, 0.2) is 0 Å². The fraction of sp³-hybridized carbons (Fsp3) is 0.188. The van der Waals surface area contributed by atoms with Gasteiger partial charge in [0, 0.05) is 34.2 Å². The van der Waals surface area contributed by atoms with E-state index in [9.17, 15) is 14.9 Å². The Bertz CT molecular complexity index is 776. The minimum atomic E-state index is -0.519. The molecule has 1 aliphatic heterocycles. The largest absolute Gasteiger partial charge is 0.423 e. The van der Waals surface area contributed by atoms with Gasteiger partial charge >= 0.3 is 5.97 Å². The van der Waals surface area contributed by atoms with E-state index in [1.54, 1.807) is 47.8 Å². The minimum absolute atomic E-state index is 0.00982. The first-order valence-electron chi connectivity index (χ1n) is 7.04. The molecule has 0 N–H and O–H groups in total. The number of hydrogen-bond donors (Lipinski definition) is 0. The number of esters is 1. The Morgan fingerprint density at radius 3 is 2.46 bits per heavy atom. The van der Waals surface area contributed by atoms with Crippen LogP contribution in [0.5, 0.6) is 5.75 Å². The lowest BCUT2D eigenvalue weighted by Gasteiger charge is -2.14. The van der Waals surface area contributed by atoms with Crippen LogP contribution in [0, 0.1) is 10.1 Å². The Morgan fingerprint density at radius 2 is 1.83 bits per heavy atom. The van der Waals surface area contributed by atoms with Crippen molar-refractivity contribution in [1.82, 2.24) is 0 Å². The molecular formula is C16H12ClNO4S2. The van der Waals surface area contributed by atoms with Gasteiger partial charge in [-0.2, -0.15) is 0 Å². The zero-order chi connectivity index (χ0) is 17.1. The van der Waals surface area contributed by atoms with Crippen LogP contribution in [0.15, 0.2) is 42.5 Å². The lowest BCUT2D eigenvalue weighted by molar-refractivity contribution is -0.384. The molecule has 0 radical (unpaired) electrons.